The Balaban J connectivity index is 1.05. The Bertz CT molecular complexity index is 1820. The molecule has 1 saturated heterocycles. The predicted octanol–water partition coefficient (Wildman–Crippen LogP) is 4.87. The van der Waals surface area contributed by atoms with Gasteiger partial charge in [-0.25, -0.2) is 36.9 Å². The molecule has 2 fully saturated rings. The minimum atomic E-state index is -3.76. The molecule has 2 aromatic heterocycles. The topological polar surface area (TPSA) is 131 Å². The van der Waals surface area contributed by atoms with E-state index in [2.05, 4.69) is 19.9 Å². The highest BCUT2D eigenvalue weighted by atomic mass is 32.2. The molecule has 48 heavy (non-hydrogen) atoms. The summed E-state index contributed by atoms with van der Waals surface area (Å²) in [6, 6.07) is 15.3. The van der Waals surface area contributed by atoms with Crippen molar-refractivity contribution in [3.63, 3.8) is 0 Å². The fourth-order valence-electron chi connectivity index (χ4n) is 6.47. The maximum Gasteiger partial charge on any atom is 0.296 e. The number of hydrogen-bond acceptors (Lipinski definition) is 8. The molecule has 3 heterocycles. The molecule has 4 aromatic rings. The summed E-state index contributed by atoms with van der Waals surface area (Å²) in [4.78, 5) is 28.6. The van der Waals surface area contributed by atoms with Gasteiger partial charge in [-0.1, -0.05) is 36.2 Å². The van der Waals surface area contributed by atoms with Gasteiger partial charge in [0.1, 0.15) is 17.5 Å². The average Bonchev–Trinajstić information content (AvgIpc) is 3.49. The fraction of sp³-hybridized carbons (Fsp3) is 0.471. The van der Waals surface area contributed by atoms with Crippen LogP contribution >= 0.6 is 0 Å². The molecule has 0 spiro atoms. The number of aryl methyl sites for hydroxylation is 2. The zero-order chi connectivity index (χ0) is 33.7. The molecule has 0 atom stereocenters. The van der Waals surface area contributed by atoms with Gasteiger partial charge in [0, 0.05) is 31.6 Å². The van der Waals surface area contributed by atoms with E-state index in [0.717, 1.165) is 44.1 Å². The van der Waals surface area contributed by atoms with E-state index in [4.69, 9.17) is 14.7 Å². The van der Waals surface area contributed by atoms with Crippen molar-refractivity contribution < 1.29 is 26.7 Å². The van der Waals surface area contributed by atoms with Gasteiger partial charge >= 0.3 is 0 Å². The van der Waals surface area contributed by atoms with Crippen LogP contribution in [0.15, 0.2) is 59.5 Å². The number of fused-ring (bicyclic) bond motifs is 1. The maximum atomic E-state index is 14.2. The number of hydrogen-bond donors (Lipinski definition) is 2. The van der Waals surface area contributed by atoms with Gasteiger partial charge in [0.15, 0.2) is 5.82 Å². The molecular weight excluding hydrogens is 640 g/mol. The lowest BCUT2D eigenvalue weighted by Gasteiger charge is -2.29. The molecule has 2 aliphatic rings. The first-order chi connectivity index (χ1) is 23.2. The van der Waals surface area contributed by atoms with Crippen LogP contribution in [0.5, 0.6) is 0 Å². The van der Waals surface area contributed by atoms with Crippen molar-refractivity contribution in [3.8, 4) is 5.82 Å². The van der Waals surface area contributed by atoms with Crippen LogP contribution < -0.4 is 14.9 Å². The van der Waals surface area contributed by atoms with E-state index in [1.54, 1.807) is 42.5 Å². The third-order valence-corrected chi connectivity index (χ3v) is 10.5. The number of nitrogens with one attached hydrogen (secondary N) is 2. The number of carbonyl (C=O) groups is 1. The van der Waals surface area contributed by atoms with Crippen LogP contribution in [-0.4, -0.2) is 72.7 Å². The van der Waals surface area contributed by atoms with Crippen molar-refractivity contribution in [2.24, 2.45) is 5.92 Å². The Kier molecular flexibility index (Phi) is 10.6. The summed E-state index contributed by atoms with van der Waals surface area (Å²) in [7, 11) is -3.76. The maximum absolute atomic E-state index is 14.2. The van der Waals surface area contributed by atoms with E-state index in [0.29, 0.717) is 67.1 Å². The van der Waals surface area contributed by atoms with E-state index in [-0.39, 0.29) is 29.2 Å². The predicted molar refractivity (Wildman–Crippen MR) is 178 cm³/mol. The molecular formula is C34H41F2N7O4S. The Labute approximate surface area is 279 Å². The summed E-state index contributed by atoms with van der Waals surface area (Å²) in [5.74, 6) is 1.45. The van der Waals surface area contributed by atoms with Crippen molar-refractivity contribution in [1.82, 2.24) is 29.6 Å². The van der Waals surface area contributed by atoms with Crippen molar-refractivity contribution >= 4 is 32.8 Å². The third kappa shape index (κ3) is 8.16. The highest BCUT2D eigenvalue weighted by Crippen LogP contribution is 2.30. The molecule has 0 unspecified atom stereocenters. The number of ether oxygens (including phenoxy) is 1. The van der Waals surface area contributed by atoms with Gasteiger partial charge in [-0.05, 0) is 69.2 Å². The zero-order valence-corrected chi connectivity index (χ0v) is 27.8. The third-order valence-electron chi connectivity index (χ3n) is 9.07. The summed E-state index contributed by atoms with van der Waals surface area (Å²) in [5, 5.41) is 2.98. The van der Waals surface area contributed by atoms with E-state index >= 15 is 0 Å². The summed E-state index contributed by atoms with van der Waals surface area (Å²) in [6.45, 7) is 4.01. The van der Waals surface area contributed by atoms with Gasteiger partial charge in [0.25, 0.3) is 6.43 Å². The lowest BCUT2D eigenvalue weighted by Crippen LogP contribution is -2.43. The number of benzene rings is 2. The van der Waals surface area contributed by atoms with Crippen LogP contribution in [-0.2, 0) is 26.0 Å². The summed E-state index contributed by atoms with van der Waals surface area (Å²) < 4.78 is 62.7. The molecule has 0 bridgehead atoms. The average molecular weight is 682 g/mol. The molecule has 1 aliphatic carbocycles. The molecule has 14 heteroatoms. The SMILES string of the molecule is Cc1ccc(S(=O)(=O)NCC(=O)NC2CCC(CCCc3nc(N4CCOCC4)cc(-n4c(C(F)F)nc5ccccc54)n3)CC2)cc1. The van der Waals surface area contributed by atoms with E-state index in [1.165, 1.54) is 16.7 Å². The van der Waals surface area contributed by atoms with Crippen molar-refractivity contribution in [2.45, 2.75) is 69.2 Å². The molecule has 1 saturated carbocycles. The summed E-state index contributed by atoms with van der Waals surface area (Å²) in [5.41, 5.74) is 2.00. The van der Waals surface area contributed by atoms with Crippen LogP contribution in [0.25, 0.3) is 16.9 Å². The van der Waals surface area contributed by atoms with Gasteiger partial charge < -0.3 is 15.0 Å². The number of anilines is 1. The van der Waals surface area contributed by atoms with Crippen molar-refractivity contribution in [1.29, 1.82) is 0 Å². The van der Waals surface area contributed by atoms with Crippen LogP contribution in [0.2, 0.25) is 0 Å². The van der Waals surface area contributed by atoms with Crippen LogP contribution in [0.3, 0.4) is 0 Å². The second-order valence-electron chi connectivity index (χ2n) is 12.5. The number of halogens is 2. The van der Waals surface area contributed by atoms with Crippen molar-refractivity contribution in [2.75, 3.05) is 37.7 Å². The normalized spacial score (nSPS) is 18.8. The van der Waals surface area contributed by atoms with Crippen LogP contribution in [0.1, 0.15) is 62.2 Å². The smallest absolute Gasteiger partial charge is 0.296 e. The minimum absolute atomic E-state index is 0.00255. The number of alkyl halides is 2. The van der Waals surface area contributed by atoms with E-state index in [1.807, 2.05) is 6.92 Å². The molecule has 11 nitrogen and oxygen atoms in total. The van der Waals surface area contributed by atoms with E-state index < -0.39 is 16.4 Å². The number of morpholine rings is 1. The molecule has 0 radical (unpaired) electrons. The highest BCUT2D eigenvalue weighted by molar-refractivity contribution is 7.89. The number of imidazole rings is 1. The second kappa shape index (κ2) is 15.0. The quantitative estimate of drug-likeness (QED) is 0.217. The first-order valence-corrected chi connectivity index (χ1v) is 18.0. The number of aromatic nitrogens is 4. The molecule has 1 aliphatic heterocycles. The number of para-hydroxylation sites is 2. The Hall–Kier alpha value is -4.01. The van der Waals surface area contributed by atoms with E-state index in [9.17, 15) is 22.0 Å². The van der Waals surface area contributed by atoms with Gasteiger partial charge in [0.2, 0.25) is 15.9 Å². The molecule has 2 N–H and O–H groups in total. The molecule has 1 amide bonds. The van der Waals surface area contributed by atoms with Gasteiger partial charge in [0.05, 0.1) is 35.7 Å². The van der Waals surface area contributed by atoms with Crippen LogP contribution in [0.4, 0.5) is 14.6 Å². The first-order valence-electron chi connectivity index (χ1n) is 16.5. The number of sulfonamides is 1. The number of nitrogens with zero attached hydrogens (tertiary/aromatic N) is 5. The Morgan fingerprint density at radius 2 is 1.69 bits per heavy atom. The molecule has 256 valence electrons. The van der Waals surface area contributed by atoms with Crippen LogP contribution in [0, 0.1) is 12.8 Å². The molecule has 2 aromatic carbocycles. The molecule has 6 rings (SSSR count). The number of carbonyl (C=O) groups excluding carboxylic acids is 1. The fourth-order valence-corrected chi connectivity index (χ4v) is 7.45. The van der Waals surface area contributed by atoms with Gasteiger partial charge in [-0.2, -0.15) is 0 Å². The first kappa shape index (κ1) is 33.9. The monoisotopic (exact) mass is 681 g/mol. The van der Waals surface area contributed by atoms with Gasteiger partial charge in [-0.15, -0.1) is 0 Å². The summed E-state index contributed by atoms with van der Waals surface area (Å²) >= 11 is 0. The summed E-state index contributed by atoms with van der Waals surface area (Å²) in [6.07, 6.45) is 3.13. The van der Waals surface area contributed by atoms with Gasteiger partial charge in [-0.3, -0.25) is 9.36 Å². The Morgan fingerprint density at radius 3 is 2.42 bits per heavy atom. The minimum Gasteiger partial charge on any atom is -0.378 e. The zero-order valence-electron chi connectivity index (χ0n) is 26.9. The second-order valence-corrected chi connectivity index (χ2v) is 14.3. The Morgan fingerprint density at radius 1 is 0.979 bits per heavy atom. The number of rotatable bonds is 12. The standard InChI is InChI=1S/C34H41F2N7O4S/c1-23-9-15-26(16-10-23)48(45,46)37-22-32(44)38-25-13-11-24(12-14-25)5-4-8-29-40-30(42-17-19-47-20-18-42)21-31(41-29)43-28-7-3-2-6-27(28)39-34(43)33(35)36/h2-3,6-7,9-10,15-16,21,24-25,33,37H,4-5,8,11-14,17-20,22H2,1H3,(H,38,44). The highest BCUT2D eigenvalue weighted by Gasteiger charge is 2.25. The largest absolute Gasteiger partial charge is 0.378 e. The lowest BCUT2D eigenvalue weighted by atomic mass is 9.83. The lowest BCUT2D eigenvalue weighted by molar-refractivity contribution is -0.120. The number of amides is 1. The van der Waals surface area contributed by atoms with Crippen molar-refractivity contribution in [3.05, 3.63) is 71.8 Å².